The maximum atomic E-state index is 14.3. The highest BCUT2D eigenvalue weighted by molar-refractivity contribution is 7.92. The number of amides is 2. The summed E-state index contributed by atoms with van der Waals surface area (Å²) in [7, 11) is -2.64. The van der Waals surface area contributed by atoms with Gasteiger partial charge in [-0.1, -0.05) is 55.5 Å². The molecule has 242 valence electrons. The summed E-state index contributed by atoms with van der Waals surface area (Å²) < 4.78 is 40.6. The fourth-order valence-electron chi connectivity index (χ4n) is 4.89. The van der Waals surface area contributed by atoms with Crippen LogP contribution >= 0.6 is 0 Å². The van der Waals surface area contributed by atoms with Gasteiger partial charge in [0.2, 0.25) is 11.8 Å². The molecule has 0 saturated carbocycles. The first-order valence-corrected chi connectivity index (χ1v) is 16.5. The van der Waals surface area contributed by atoms with E-state index in [1.165, 1.54) is 17.0 Å². The van der Waals surface area contributed by atoms with Crippen molar-refractivity contribution in [1.29, 1.82) is 0 Å². The molecule has 1 N–H and O–H groups in total. The molecule has 0 aliphatic rings. The molecular formula is C36H41N3O6S. The number of carbonyl (C=O) groups is 2. The predicted molar refractivity (Wildman–Crippen MR) is 179 cm³/mol. The molecule has 0 aromatic heterocycles. The molecule has 0 fully saturated rings. The van der Waals surface area contributed by atoms with Crippen molar-refractivity contribution in [1.82, 2.24) is 10.2 Å². The van der Waals surface area contributed by atoms with E-state index in [0.29, 0.717) is 23.7 Å². The lowest BCUT2D eigenvalue weighted by molar-refractivity contribution is -0.141. The zero-order valence-electron chi connectivity index (χ0n) is 26.8. The molecule has 4 aromatic carbocycles. The van der Waals surface area contributed by atoms with Crippen LogP contribution in [0.1, 0.15) is 39.7 Å². The topological polar surface area (TPSA) is 105 Å². The fourth-order valence-corrected chi connectivity index (χ4v) is 6.33. The second-order valence-corrected chi connectivity index (χ2v) is 13.6. The van der Waals surface area contributed by atoms with Gasteiger partial charge in [0.15, 0.2) is 0 Å². The van der Waals surface area contributed by atoms with Crippen LogP contribution in [0.3, 0.4) is 0 Å². The molecule has 0 radical (unpaired) electrons. The van der Waals surface area contributed by atoms with Crippen LogP contribution in [0.25, 0.3) is 0 Å². The number of ether oxygens (including phenoxy) is 2. The first-order chi connectivity index (χ1) is 21.9. The van der Waals surface area contributed by atoms with E-state index in [9.17, 15) is 18.0 Å². The van der Waals surface area contributed by atoms with E-state index in [-0.39, 0.29) is 23.0 Å². The standard InChI is InChI=1S/C36H41N3O6S/c1-6-33(35(41)37-36(2,3)4)38(25-27-14-13-17-31(24-27)44-5)34(40)26-39(46(42,43)32-18-11-8-12-19-32)28-20-22-30(23-21-28)45-29-15-9-7-10-16-29/h7-24,33H,6,25-26H2,1-5H3,(H,37,41)/t33-/m1/s1. The lowest BCUT2D eigenvalue weighted by Crippen LogP contribution is -2.55. The summed E-state index contributed by atoms with van der Waals surface area (Å²) in [4.78, 5) is 29.3. The number of nitrogens with one attached hydrogen (secondary N) is 1. The number of carbonyl (C=O) groups excluding carboxylic acids is 2. The summed E-state index contributed by atoms with van der Waals surface area (Å²) in [5.74, 6) is 0.867. The minimum atomic E-state index is -4.19. The first-order valence-electron chi connectivity index (χ1n) is 15.1. The highest BCUT2D eigenvalue weighted by Crippen LogP contribution is 2.29. The number of hydrogen-bond acceptors (Lipinski definition) is 6. The van der Waals surface area contributed by atoms with Crippen molar-refractivity contribution in [2.24, 2.45) is 0 Å². The number of benzene rings is 4. The average molecular weight is 644 g/mol. The molecule has 1 atom stereocenters. The highest BCUT2D eigenvalue weighted by Gasteiger charge is 2.34. The van der Waals surface area contributed by atoms with Crippen molar-refractivity contribution in [3.05, 3.63) is 115 Å². The number of anilines is 1. The third-order valence-electron chi connectivity index (χ3n) is 7.08. The lowest BCUT2D eigenvalue weighted by Gasteiger charge is -2.34. The molecule has 0 aliphatic carbocycles. The predicted octanol–water partition coefficient (Wildman–Crippen LogP) is 6.40. The van der Waals surface area contributed by atoms with E-state index in [1.54, 1.807) is 67.8 Å². The van der Waals surface area contributed by atoms with Crippen molar-refractivity contribution in [2.45, 2.75) is 57.1 Å². The Morgan fingerprint density at radius 3 is 1.98 bits per heavy atom. The van der Waals surface area contributed by atoms with Crippen molar-refractivity contribution in [2.75, 3.05) is 18.0 Å². The zero-order valence-corrected chi connectivity index (χ0v) is 27.7. The van der Waals surface area contributed by atoms with Gasteiger partial charge in [0.25, 0.3) is 10.0 Å². The Balaban J connectivity index is 1.73. The van der Waals surface area contributed by atoms with E-state index in [0.717, 1.165) is 9.87 Å². The van der Waals surface area contributed by atoms with Gasteiger partial charge in [-0.25, -0.2) is 8.42 Å². The van der Waals surface area contributed by atoms with Crippen LogP contribution in [0.15, 0.2) is 114 Å². The summed E-state index contributed by atoms with van der Waals surface area (Å²) in [6, 6.07) is 30.0. The Bertz CT molecular complexity index is 1710. The largest absolute Gasteiger partial charge is 0.497 e. The van der Waals surface area contributed by atoms with Crippen LogP contribution in [0, 0.1) is 0 Å². The molecule has 0 unspecified atom stereocenters. The van der Waals surface area contributed by atoms with Gasteiger partial charge in [-0.15, -0.1) is 0 Å². The molecular weight excluding hydrogens is 602 g/mol. The second-order valence-electron chi connectivity index (χ2n) is 11.8. The molecule has 0 bridgehead atoms. The van der Waals surface area contributed by atoms with E-state index in [1.807, 2.05) is 64.1 Å². The Hall–Kier alpha value is -4.83. The molecule has 9 nitrogen and oxygen atoms in total. The summed E-state index contributed by atoms with van der Waals surface area (Å²) in [6.45, 7) is 6.94. The van der Waals surface area contributed by atoms with E-state index >= 15 is 0 Å². The normalized spacial score (nSPS) is 12.1. The van der Waals surface area contributed by atoms with Gasteiger partial charge in [0, 0.05) is 12.1 Å². The molecule has 10 heteroatoms. The number of methoxy groups -OCH3 is 1. The number of hydrogen-bond donors (Lipinski definition) is 1. The average Bonchev–Trinajstić information content (AvgIpc) is 3.04. The molecule has 0 heterocycles. The SMILES string of the molecule is CC[C@H](C(=O)NC(C)(C)C)N(Cc1cccc(OC)c1)C(=O)CN(c1ccc(Oc2ccccc2)cc1)S(=O)(=O)c1ccccc1. The van der Waals surface area contributed by atoms with Gasteiger partial charge < -0.3 is 19.7 Å². The van der Waals surface area contributed by atoms with Crippen LogP contribution in [0.2, 0.25) is 0 Å². The molecule has 4 aromatic rings. The fraction of sp³-hybridized carbons (Fsp3) is 0.278. The van der Waals surface area contributed by atoms with E-state index in [4.69, 9.17) is 9.47 Å². The summed E-state index contributed by atoms with van der Waals surface area (Å²) in [5.41, 5.74) is 0.460. The lowest BCUT2D eigenvalue weighted by atomic mass is 10.1. The smallest absolute Gasteiger partial charge is 0.264 e. The van der Waals surface area contributed by atoms with Crippen LogP contribution in [0.5, 0.6) is 17.2 Å². The number of nitrogens with zero attached hydrogens (tertiary/aromatic N) is 2. The quantitative estimate of drug-likeness (QED) is 0.181. The number of rotatable bonds is 13. The Kier molecular flexibility index (Phi) is 11.1. The zero-order chi connectivity index (χ0) is 33.3. The van der Waals surface area contributed by atoms with Gasteiger partial charge in [0.05, 0.1) is 17.7 Å². The molecule has 46 heavy (non-hydrogen) atoms. The number of para-hydroxylation sites is 1. The third-order valence-corrected chi connectivity index (χ3v) is 8.87. The van der Waals surface area contributed by atoms with Crippen LogP contribution in [-0.2, 0) is 26.2 Å². The van der Waals surface area contributed by atoms with Gasteiger partial charge in [-0.3, -0.25) is 13.9 Å². The van der Waals surface area contributed by atoms with Crippen molar-refractivity contribution < 1.29 is 27.5 Å². The summed E-state index contributed by atoms with van der Waals surface area (Å²) >= 11 is 0. The highest BCUT2D eigenvalue weighted by atomic mass is 32.2. The Morgan fingerprint density at radius 1 is 0.804 bits per heavy atom. The van der Waals surface area contributed by atoms with E-state index < -0.39 is 34.1 Å². The molecule has 0 spiro atoms. The summed E-state index contributed by atoms with van der Waals surface area (Å²) in [5, 5.41) is 2.98. The van der Waals surface area contributed by atoms with Crippen molar-refractivity contribution in [3.8, 4) is 17.2 Å². The number of sulfonamides is 1. The van der Waals surface area contributed by atoms with E-state index in [2.05, 4.69) is 5.32 Å². The maximum Gasteiger partial charge on any atom is 0.264 e. The molecule has 0 aliphatic heterocycles. The van der Waals surface area contributed by atoms with Gasteiger partial charge in [-0.05, 0) is 93.4 Å². The Labute approximate surface area is 271 Å². The summed E-state index contributed by atoms with van der Waals surface area (Å²) in [6.07, 6.45) is 0.314. The minimum Gasteiger partial charge on any atom is -0.497 e. The van der Waals surface area contributed by atoms with Crippen molar-refractivity contribution in [3.63, 3.8) is 0 Å². The van der Waals surface area contributed by atoms with Gasteiger partial charge >= 0.3 is 0 Å². The molecule has 2 amide bonds. The van der Waals surface area contributed by atoms with Gasteiger partial charge in [-0.2, -0.15) is 0 Å². The maximum absolute atomic E-state index is 14.3. The van der Waals surface area contributed by atoms with Crippen LogP contribution < -0.4 is 19.1 Å². The molecule has 4 rings (SSSR count). The molecule has 0 saturated heterocycles. The third kappa shape index (κ3) is 8.88. The monoisotopic (exact) mass is 643 g/mol. The second kappa shape index (κ2) is 15.0. The Morgan fingerprint density at radius 2 is 1.39 bits per heavy atom. The van der Waals surface area contributed by atoms with Crippen molar-refractivity contribution >= 4 is 27.5 Å². The van der Waals surface area contributed by atoms with Crippen LogP contribution in [-0.4, -0.2) is 50.4 Å². The van der Waals surface area contributed by atoms with Crippen LogP contribution in [0.4, 0.5) is 5.69 Å². The first kappa shape index (κ1) is 34.1. The van der Waals surface area contributed by atoms with Gasteiger partial charge in [0.1, 0.15) is 29.8 Å². The minimum absolute atomic E-state index is 0.0317.